The lowest BCUT2D eigenvalue weighted by molar-refractivity contribution is 0.134. The van der Waals surface area contributed by atoms with E-state index in [0.29, 0.717) is 6.61 Å². The highest BCUT2D eigenvalue weighted by Gasteiger charge is 1.96. The van der Waals surface area contributed by atoms with Gasteiger partial charge < -0.3 is 10.5 Å². The Labute approximate surface area is 56.7 Å². The minimum absolute atomic E-state index is 0.127. The summed E-state index contributed by atoms with van der Waals surface area (Å²) in [6.07, 6.45) is 2.64. The molecule has 0 aromatic rings. The number of rotatable bonds is 5. The van der Waals surface area contributed by atoms with E-state index in [1.807, 2.05) is 13.0 Å². The molecule has 0 bridgehead atoms. The zero-order chi connectivity index (χ0) is 7.11. The minimum Gasteiger partial charge on any atom is -0.380 e. The zero-order valence-electron chi connectivity index (χ0n) is 5.97. The summed E-state index contributed by atoms with van der Waals surface area (Å²) >= 11 is 0. The molecule has 0 aromatic heterocycles. The van der Waals surface area contributed by atoms with Gasteiger partial charge in [-0.05, 0) is 13.3 Å². The highest BCUT2D eigenvalue weighted by Crippen LogP contribution is 1.88. The number of hydrogen-bond acceptors (Lipinski definition) is 2. The summed E-state index contributed by atoms with van der Waals surface area (Å²) in [6.45, 7) is 6.91. The van der Waals surface area contributed by atoms with Crippen LogP contribution in [0.1, 0.15) is 13.3 Å². The van der Waals surface area contributed by atoms with Gasteiger partial charge in [-0.25, -0.2) is 0 Å². The first-order valence-electron chi connectivity index (χ1n) is 3.25. The molecule has 0 amide bonds. The fourth-order valence-electron chi connectivity index (χ4n) is 0.551. The first-order chi connectivity index (χ1) is 4.31. The molecule has 0 aromatic carbocycles. The Bertz CT molecular complexity index is 73.3. The Balaban J connectivity index is 3.04. The van der Waals surface area contributed by atoms with Gasteiger partial charge >= 0.3 is 0 Å². The lowest BCUT2D eigenvalue weighted by Gasteiger charge is -2.06. The van der Waals surface area contributed by atoms with Gasteiger partial charge in [0.2, 0.25) is 0 Å². The second-order valence-corrected chi connectivity index (χ2v) is 1.94. The quantitative estimate of drug-likeness (QED) is 0.560. The number of nitrogens with two attached hydrogens (primary N) is 1. The van der Waals surface area contributed by atoms with Crippen LogP contribution in [0.4, 0.5) is 0 Å². The second kappa shape index (κ2) is 5.79. The molecule has 0 rings (SSSR count). The maximum Gasteiger partial charge on any atom is 0.0620 e. The second-order valence-electron chi connectivity index (χ2n) is 1.94. The largest absolute Gasteiger partial charge is 0.380 e. The van der Waals surface area contributed by atoms with Crippen LogP contribution in [0.25, 0.3) is 0 Å². The molecule has 2 heteroatoms. The number of hydrogen-bond donors (Lipinski definition) is 1. The Kier molecular flexibility index (Phi) is 5.57. The maximum atomic E-state index is 5.57. The first kappa shape index (κ1) is 8.66. The van der Waals surface area contributed by atoms with E-state index in [2.05, 4.69) is 6.58 Å². The summed E-state index contributed by atoms with van der Waals surface area (Å²) in [5.74, 6) is 0. The molecule has 54 valence electrons. The van der Waals surface area contributed by atoms with Gasteiger partial charge in [-0.1, -0.05) is 6.08 Å². The van der Waals surface area contributed by atoms with Gasteiger partial charge in [0, 0.05) is 12.6 Å². The summed E-state index contributed by atoms with van der Waals surface area (Å²) < 4.78 is 5.08. The van der Waals surface area contributed by atoms with E-state index in [0.717, 1.165) is 13.0 Å². The predicted octanol–water partition coefficient (Wildman–Crippen LogP) is 0.926. The molecule has 0 aliphatic heterocycles. The van der Waals surface area contributed by atoms with Gasteiger partial charge in [0.15, 0.2) is 0 Å². The lowest BCUT2D eigenvalue weighted by Crippen LogP contribution is -2.25. The fourth-order valence-corrected chi connectivity index (χ4v) is 0.551. The van der Waals surface area contributed by atoms with Crippen LogP contribution in [0.15, 0.2) is 12.7 Å². The van der Waals surface area contributed by atoms with Gasteiger partial charge in [0.1, 0.15) is 0 Å². The molecule has 0 aliphatic rings. The van der Waals surface area contributed by atoms with E-state index in [1.165, 1.54) is 0 Å². The Morgan fingerprint density at radius 1 is 1.78 bits per heavy atom. The van der Waals surface area contributed by atoms with Crippen molar-refractivity contribution in [2.24, 2.45) is 5.73 Å². The van der Waals surface area contributed by atoms with E-state index in [9.17, 15) is 0 Å². The van der Waals surface area contributed by atoms with Crippen molar-refractivity contribution in [3.63, 3.8) is 0 Å². The highest BCUT2D eigenvalue weighted by molar-refractivity contribution is 4.74. The van der Waals surface area contributed by atoms with Gasteiger partial charge in [0.05, 0.1) is 6.61 Å². The fraction of sp³-hybridized carbons (Fsp3) is 0.714. The molecule has 0 saturated heterocycles. The van der Waals surface area contributed by atoms with Crippen LogP contribution in [0.2, 0.25) is 0 Å². The highest BCUT2D eigenvalue weighted by atomic mass is 16.5. The maximum absolute atomic E-state index is 5.57. The lowest BCUT2D eigenvalue weighted by atomic mass is 10.2. The Hall–Kier alpha value is -0.340. The molecule has 0 saturated carbocycles. The molecule has 1 unspecified atom stereocenters. The summed E-state index contributed by atoms with van der Waals surface area (Å²) in [6, 6.07) is 0.127. The normalized spacial score (nSPS) is 13.1. The van der Waals surface area contributed by atoms with Crippen LogP contribution in [0.3, 0.4) is 0 Å². The van der Waals surface area contributed by atoms with Crippen molar-refractivity contribution in [1.82, 2.24) is 0 Å². The summed E-state index contributed by atoms with van der Waals surface area (Å²) in [7, 11) is 0. The Morgan fingerprint density at radius 2 is 2.44 bits per heavy atom. The van der Waals surface area contributed by atoms with E-state index in [4.69, 9.17) is 10.5 Å². The molecule has 9 heavy (non-hydrogen) atoms. The van der Waals surface area contributed by atoms with Crippen molar-refractivity contribution in [2.75, 3.05) is 13.2 Å². The van der Waals surface area contributed by atoms with E-state index < -0.39 is 0 Å². The molecule has 0 radical (unpaired) electrons. The van der Waals surface area contributed by atoms with Gasteiger partial charge in [-0.2, -0.15) is 0 Å². The van der Waals surface area contributed by atoms with Gasteiger partial charge in [0.25, 0.3) is 0 Å². The summed E-state index contributed by atoms with van der Waals surface area (Å²) in [4.78, 5) is 0. The van der Waals surface area contributed by atoms with Crippen LogP contribution in [0, 0.1) is 0 Å². The molecular formula is C7H15NO. The van der Waals surface area contributed by atoms with E-state index >= 15 is 0 Å². The smallest absolute Gasteiger partial charge is 0.0620 e. The van der Waals surface area contributed by atoms with Crippen LogP contribution in [-0.2, 0) is 4.74 Å². The average Bonchev–Trinajstić information content (AvgIpc) is 1.85. The van der Waals surface area contributed by atoms with Crippen LogP contribution >= 0.6 is 0 Å². The number of ether oxygens (including phenoxy) is 1. The SMILES string of the molecule is C=CCC(N)COCC. The molecule has 0 heterocycles. The first-order valence-corrected chi connectivity index (χ1v) is 3.25. The third-order valence-electron chi connectivity index (χ3n) is 1.01. The monoisotopic (exact) mass is 129 g/mol. The van der Waals surface area contributed by atoms with Gasteiger partial charge in [-0.15, -0.1) is 6.58 Å². The van der Waals surface area contributed by atoms with Crippen molar-refractivity contribution in [3.05, 3.63) is 12.7 Å². The summed E-state index contributed by atoms with van der Waals surface area (Å²) in [5.41, 5.74) is 5.57. The minimum atomic E-state index is 0.127. The third-order valence-corrected chi connectivity index (χ3v) is 1.01. The molecular weight excluding hydrogens is 114 g/mol. The van der Waals surface area contributed by atoms with Crippen LogP contribution in [-0.4, -0.2) is 19.3 Å². The molecule has 2 N–H and O–H groups in total. The summed E-state index contributed by atoms with van der Waals surface area (Å²) in [5, 5.41) is 0. The third kappa shape index (κ3) is 5.53. The standard InChI is InChI=1S/C7H15NO/c1-3-5-7(8)6-9-4-2/h3,7H,1,4-6,8H2,2H3. The van der Waals surface area contributed by atoms with E-state index in [1.54, 1.807) is 0 Å². The molecule has 1 atom stereocenters. The van der Waals surface area contributed by atoms with Crippen molar-refractivity contribution in [2.45, 2.75) is 19.4 Å². The van der Waals surface area contributed by atoms with Crippen LogP contribution < -0.4 is 5.73 Å². The molecule has 2 nitrogen and oxygen atoms in total. The molecule has 0 spiro atoms. The molecule has 0 aliphatic carbocycles. The topological polar surface area (TPSA) is 35.2 Å². The zero-order valence-corrected chi connectivity index (χ0v) is 5.97. The molecule has 0 fully saturated rings. The Morgan fingerprint density at radius 3 is 2.89 bits per heavy atom. The van der Waals surface area contributed by atoms with E-state index in [-0.39, 0.29) is 6.04 Å². The van der Waals surface area contributed by atoms with Crippen molar-refractivity contribution in [3.8, 4) is 0 Å². The van der Waals surface area contributed by atoms with Gasteiger partial charge in [-0.3, -0.25) is 0 Å². The predicted molar refractivity (Wildman–Crippen MR) is 39.3 cm³/mol. The average molecular weight is 129 g/mol. The van der Waals surface area contributed by atoms with Crippen molar-refractivity contribution < 1.29 is 4.74 Å². The van der Waals surface area contributed by atoms with Crippen LogP contribution in [0.5, 0.6) is 0 Å². The van der Waals surface area contributed by atoms with Crippen molar-refractivity contribution >= 4 is 0 Å². The van der Waals surface area contributed by atoms with Crippen molar-refractivity contribution in [1.29, 1.82) is 0 Å².